The van der Waals surface area contributed by atoms with Gasteiger partial charge in [0.15, 0.2) is 0 Å². The summed E-state index contributed by atoms with van der Waals surface area (Å²) in [7, 11) is 1.82. The van der Waals surface area contributed by atoms with Gasteiger partial charge >= 0.3 is 0 Å². The van der Waals surface area contributed by atoms with Gasteiger partial charge in [0.2, 0.25) is 0 Å². The van der Waals surface area contributed by atoms with Crippen molar-refractivity contribution in [3.05, 3.63) is 16.9 Å². The van der Waals surface area contributed by atoms with Gasteiger partial charge in [0.05, 0.1) is 16.9 Å². The van der Waals surface area contributed by atoms with Crippen molar-refractivity contribution in [2.24, 2.45) is 13.0 Å². The summed E-state index contributed by atoms with van der Waals surface area (Å²) < 4.78 is 1.70. The van der Waals surface area contributed by atoms with E-state index in [2.05, 4.69) is 5.10 Å². The molecule has 1 rings (SSSR count). The Morgan fingerprint density at radius 1 is 1.83 bits per heavy atom. The number of carbonyl (C=O) groups is 1. The molecule has 0 aromatic carbocycles. The molecule has 0 saturated carbocycles. The van der Waals surface area contributed by atoms with Crippen LogP contribution in [0.25, 0.3) is 0 Å². The molecule has 66 valence electrons. The fraction of sp³-hybridized carbons (Fsp3) is 0.500. The van der Waals surface area contributed by atoms with Crippen LogP contribution in [0.1, 0.15) is 12.6 Å². The Morgan fingerprint density at radius 3 is 2.92 bits per heavy atom. The third-order valence-corrected chi connectivity index (χ3v) is 2.07. The predicted molar refractivity (Wildman–Crippen MR) is 47.2 cm³/mol. The predicted octanol–water partition coefficient (Wildman–Crippen LogP) is 1.45. The molecule has 0 saturated heterocycles. The van der Waals surface area contributed by atoms with Crippen molar-refractivity contribution in [3.8, 4) is 0 Å². The first-order valence-electron chi connectivity index (χ1n) is 3.76. The highest BCUT2D eigenvalue weighted by Gasteiger charge is 2.09. The Balaban J connectivity index is 2.80. The highest BCUT2D eigenvalue weighted by atomic mass is 35.5. The van der Waals surface area contributed by atoms with E-state index < -0.39 is 0 Å². The average Bonchev–Trinajstić information content (AvgIpc) is 2.35. The number of aryl methyl sites for hydroxylation is 1. The van der Waals surface area contributed by atoms with Crippen molar-refractivity contribution >= 4 is 17.9 Å². The van der Waals surface area contributed by atoms with E-state index in [1.54, 1.807) is 10.9 Å². The molecule has 1 aromatic heterocycles. The second-order valence-corrected chi connectivity index (χ2v) is 3.29. The van der Waals surface area contributed by atoms with Crippen LogP contribution in [0, 0.1) is 5.92 Å². The van der Waals surface area contributed by atoms with Crippen LogP contribution in [0.5, 0.6) is 0 Å². The lowest BCUT2D eigenvalue weighted by molar-refractivity contribution is -0.110. The number of aldehydes is 1. The summed E-state index contributed by atoms with van der Waals surface area (Å²) in [5, 5.41) is 4.60. The lowest BCUT2D eigenvalue weighted by Crippen LogP contribution is -2.06. The minimum atomic E-state index is -0.00194. The molecule has 0 aliphatic heterocycles. The van der Waals surface area contributed by atoms with Gasteiger partial charge < -0.3 is 4.79 Å². The molecule has 12 heavy (non-hydrogen) atoms. The SMILES string of the molecule is CC(C=O)Cc1c(Cl)cnn1C. The second-order valence-electron chi connectivity index (χ2n) is 2.88. The lowest BCUT2D eigenvalue weighted by atomic mass is 10.1. The average molecular weight is 187 g/mol. The minimum absolute atomic E-state index is 0.00194. The summed E-state index contributed by atoms with van der Waals surface area (Å²) in [6.45, 7) is 1.86. The van der Waals surface area contributed by atoms with Crippen LogP contribution in [0.2, 0.25) is 5.02 Å². The normalized spacial score (nSPS) is 12.9. The number of aromatic nitrogens is 2. The largest absolute Gasteiger partial charge is 0.303 e. The fourth-order valence-corrected chi connectivity index (χ4v) is 1.26. The van der Waals surface area contributed by atoms with E-state index in [4.69, 9.17) is 11.6 Å². The molecule has 1 atom stereocenters. The van der Waals surface area contributed by atoms with Crippen LogP contribution in [-0.4, -0.2) is 16.1 Å². The number of carbonyl (C=O) groups excluding carboxylic acids is 1. The van der Waals surface area contributed by atoms with Gasteiger partial charge in [-0.3, -0.25) is 4.68 Å². The van der Waals surface area contributed by atoms with Crippen molar-refractivity contribution in [1.82, 2.24) is 9.78 Å². The molecule has 4 heteroatoms. The number of hydrogen-bond acceptors (Lipinski definition) is 2. The second kappa shape index (κ2) is 3.72. The zero-order valence-corrected chi connectivity index (χ0v) is 7.88. The quantitative estimate of drug-likeness (QED) is 0.670. The van der Waals surface area contributed by atoms with Crippen molar-refractivity contribution in [2.75, 3.05) is 0 Å². The molecular formula is C8H11ClN2O. The van der Waals surface area contributed by atoms with Crippen LogP contribution in [0.3, 0.4) is 0 Å². The molecule has 0 radical (unpaired) electrons. The maximum atomic E-state index is 10.4. The first-order valence-corrected chi connectivity index (χ1v) is 4.14. The summed E-state index contributed by atoms with van der Waals surface area (Å²) in [5.41, 5.74) is 0.913. The smallest absolute Gasteiger partial charge is 0.123 e. The highest BCUT2D eigenvalue weighted by molar-refractivity contribution is 6.31. The zero-order chi connectivity index (χ0) is 9.14. The highest BCUT2D eigenvalue weighted by Crippen LogP contribution is 2.16. The van der Waals surface area contributed by atoms with E-state index in [1.807, 2.05) is 14.0 Å². The molecule has 0 N–H and O–H groups in total. The molecular weight excluding hydrogens is 176 g/mol. The molecule has 3 nitrogen and oxygen atoms in total. The summed E-state index contributed by atoms with van der Waals surface area (Å²) in [6, 6.07) is 0. The Labute approximate surface area is 76.3 Å². The van der Waals surface area contributed by atoms with E-state index in [-0.39, 0.29) is 5.92 Å². The van der Waals surface area contributed by atoms with Gasteiger partial charge in [-0.1, -0.05) is 18.5 Å². The minimum Gasteiger partial charge on any atom is -0.303 e. The topological polar surface area (TPSA) is 34.9 Å². The summed E-state index contributed by atoms with van der Waals surface area (Å²) >= 11 is 5.85. The third kappa shape index (κ3) is 1.85. The van der Waals surface area contributed by atoms with E-state index in [0.29, 0.717) is 11.4 Å². The Morgan fingerprint density at radius 2 is 2.50 bits per heavy atom. The van der Waals surface area contributed by atoms with Gasteiger partial charge in [0, 0.05) is 13.0 Å². The lowest BCUT2D eigenvalue weighted by Gasteiger charge is -2.04. The summed E-state index contributed by atoms with van der Waals surface area (Å²) in [5.74, 6) is -0.00194. The maximum Gasteiger partial charge on any atom is 0.123 e. The molecule has 0 spiro atoms. The maximum absolute atomic E-state index is 10.4. The van der Waals surface area contributed by atoms with Gasteiger partial charge in [-0.25, -0.2) is 0 Å². The van der Waals surface area contributed by atoms with Crippen molar-refractivity contribution in [2.45, 2.75) is 13.3 Å². The molecule has 0 amide bonds. The third-order valence-electron chi connectivity index (χ3n) is 1.76. The van der Waals surface area contributed by atoms with Crippen molar-refractivity contribution < 1.29 is 4.79 Å². The Hall–Kier alpha value is -0.830. The van der Waals surface area contributed by atoms with Crippen molar-refractivity contribution in [3.63, 3.8) is 0 Å². The first kappa shape index (κ1) is 9.26. The van der Waals surface area contributed by atoms with Crippen LogP contribution < -0.4 is 0 Å². The van der Waals surface area contributed by atoms with E-state index in [1.165, 1.54) is 0 Å². The molecule has 1 unspecified atom stereocenters. The zero-order valence-electron chi connectivity index (χ0n) is 7.12. The standard InChI is InChI=1S/C8H11ClN2O/c1-6(5-12)3-8-7(9)4-10-11(8)2/h4-6H,3H2,1-2H3. The van der Waals surface area contributed by atoms with Crippen LogP contribution >= 0.6 is 11.6 Å². The molecule has 0 aliphatic rings. The molecule has 0 fully saturated rings. The monoisotopic (exact) mass is 186 g/mol. The van der Waals surface area contributed by atoms with Gasteiger partial charge in [0.25, 0.3) is 0 Å². The van der Waals surface area contributed by atoms with Crippen LogP contribution in [-0.2, 0) is 18.3 Å². The Kier molecular flexibility index (Phi) is 2.87. The first-order chi connectivity index (χ1) is 5.65. The van der Waals surface area contributed by atoms with Crippen LogP contribution in [0.4, 0.5) is 0 Å². The van der Waals surface area contributed by atoms with Crippen molar-refractivity contribution in [1.29, 1.82) is 0 Å². The summed E-state index contributed by atoms with van der Waals surface area (Å²) in [6.07, 6.45) is 3.16. The number of nitrogens with zero attached hydrogens (tertiary/aromatic N) is 2. The summed E-state index contributed by atoms with van der Waals surface area (Å²) in [4.78, 5) is 10.4. The van der Waals surface area contributed by atoms with E-state index in [0.717, 1.165) is 12.0 Å². The number of hydrogen-bond donors (Lipinski definition) is 0. The van der Waals surface area contributed by atoms with Gasteiger partial charge in [-0.05, 0) is 6.42 Å². The number of halogens is 1. The Bertz CT molecular complexity index is 263. The molecule has 1 aromatic rings. The van der Waals surface area contributed by atoms with E-state index >= 15 is 0 Å². The fourth-order valence-electron chi connectivity index (χ4n) is 1.02. The molecule has 0 aliphatic carbocycles. The molecule has 0 bridgehead atoms. The van der Waals surface area contributed by atoms with E-state index in [9.17, 15) is 4.79 Å². The number of rotatable bonds is 3. The van der Waals surface area contributed by atoms with Gasteiger partial charge in [-0.15, -0.1) is 0 Å². The van der Waals surface area contributed by atoms with Gasteiger partial charge in [-0.2, -0.15) is 5.10 Å². The van der Waals surface area contributed by atoms with Gasteiger partial charge in [0.1, 0.15) is 6.29 Å². The molecule has 1 heterocycles. The van der Waals surface area contributed by atoms with Crippen LogP contribution in [0.15, 0.2) is 6.20 Å².